The van der Waals surface area contributed by atoms with Gasteiger partial charge in [-0.05, 0) is 114 Å². The van der Waals surface area contributed by atoms with E-state index in [1.54, 1.807) is 53.6 Å². The molecule has 1 atom stereocenters. The van der Waals surface area contributed by atoms with Crippen LogP contribution in [0.25, 0.3) is 22.0 Å². The summed E-state index contributed by atoms with van der Waals surface area (Å²) in [5.41, 5.74) is 4.83. The molecule has 2 amide bonds. The molecule has 1 fully saturated rings. The first-order chi connectivity index (χ1) is 31.1. The zero-order valence-electron chi connectivity index (χ0n) is 34.3. The topological polar surface area (TPSA) is 123 Å². The minimum Gasteiger partial charge on any atom is -0.593 e. The highest BCUT2D eigenvalue weighted by molar-refractivity contribution is 8.00. The molecule has 6 aromatic carbocycles. The first-order valence-electron chi connectivity index (χ1n) is 20.7. The third-order valence-electron chi connectivity index (χ3n) is 11.1. The highest BCUT2D eigenvalue weighted by Crippen LogP contribution is 2.42. The van der Waals surface area contributed by atoms with Crippen LogP contribution in [0.15, 0.2) is 150 Å². The lowest BCUT2D eigenvalue weighted by Gasteiger charge is -2.29. The van der Waals surface area contributed by atoms with Gasteiger partial charge < -0.3 is 19.9 Å². The Balaban J connectivity index is 0.927. The van der Waals surface area contributed by atoms with Gasteiger partial charge in [0.15, 0.2) is 4.90 Å². The van der Waals surface area contributed by atoms with Crippen molar-refractivity contribution in [2.75, 3.05) is 34.4 Å². The molecular weight excluding hydrogens is 858 g/mol. The van der Waals surface area contributed by atoms with Crippen molar-refractivity contribution in [3.05, 3.63) is 162 Å². The quantitative estimate of drug-likeness (QED) is 0.115. The lowest BCUT2D eigenvalue weighted by molar-refractivity contribution is -0.138. The number of benzene rings is 6. The zero-order chi connectivity index (χ0) is 44.2. The first-order valence-corrected chi connectivity index (χ1v) is 22.8. The van der Waals surface area contributed by atoms with Crippen LogP contribution in [0.3, 0.4) is 0 Å². The van der Waals surface area contributed by atoms with E-state index in [9.17, 15) is 27.3 Å². The van der Waals surface area contributed by atoms with Crippen molar-refractivity contribution in [3.63, 3.8) is 0 Å². The summed E-state index contributed by atoms with van der Waals surface area (Å²) >= 11 is 0.147. The molecule has 2 N–H and O–H groups in total. The van der Waals surface area contributed by atoms with E-state index in [0.717, 1.165) is 65.4 Å². The number of rotatable bonds is 12. The van der Waals surface area contributed by atoms with Gasteiger partial charge in [0, 0.05) is 58.7 Å². The van der Waals surface area contributed by atoms with Crippen molar-refractivity contribution in [2.24, 2.45) is 0 Å². The fourth-order valence-corrected chi connectivity index (χ4v) is 9.96. The molecule has 0 bridgehead atoms. The number of carbonyl (C=O) groups is 2. The zero-order valence-corrected chi connectivity index (χ0v) is 35.9. The lowest BCUT2D eigenvalue weighted by Crippen LogP contribution is -2.35. The summed E-state index contributed by atoms with van der Waals surface area (Å²) in [6, 6.07) is 36.5. The third-order valence-corrected chi connectivity index (χ3v) is 13.7. The molecular formula is C49H41F3N6O4S2. The molecule has 7 aromatic rings. The van der Waals surface area contributed by atoms with Crippen molar-refractivity contribution < 1.29 is 32.0 Å². The fraction of sp³-hybridized carbons (Fsp3) is 0.184. The Morgan fingerprint density at radius 3 is 2.41 bits per heavy atom. The Kier molecular flexibility index (Phi) is 12.6. The summed E-state index contributed by atoms with van der Waals surface area (Å²) in [4.78, 5) is 38.9. The van der Waals surface area contributed by atoms with Gasteiger partial charge >= 0.3 is 6.18 Å². The number of piperidine rings is 1. The van der Waals surface area contributed by atoms with Crippen LogP contribution in [-0.4, -0.2) is 49.5 Å². The fourth-order valence-electron chi connectivity index (χ4n) is 7.83. The molecule has 64 heavy (non-hydrogen) atoms. The second-order valence-corrected chi connectivity index (χ2v) is 17.9. The lowest BCUT2D eigenvalue weighted by atomic mass is 9.99. The van der Waals surface area contributed by atoms with Gasteiger partial charge in [-0.15, -0.1) is 16.1 Å². The van der Waals surface area contributed by atoms with E-state index < -0.39 is 23.1 Å². The number of aromatic nitrogens is 2. The van der Waals surface area contributed by atoms with Crippen molar-refractivity contribution >= 4 is 68.6 Å². The van der Waals surface area contributed by atoms with Gasteiger partial charge in [-0.25, -0.2) is 9.97 Å². The maximum absolute atomic E-state index is 14.3. The summed E-state index contributed by atoms with van der Waals surface area (Å²) < 4.78 is 63.8. The van der Waals surface area contributed by atoms with E-state index in [1.807, 2.05) is 71.0 Å². The maximum Gasteiger partial charge on any atom is 0.416 e. The number of nitrogens with one attached hydrogen (secondary N) is 2. The predicted molar refractivity (Wildman–Crippen MR) is 245 cm³/mol. The maximum atomic E-state index is 14.3. The van der Waals surface area contributed by atoms with Gasteiger partial charge in [0.05, 0.1) is 33.9 Å². The average molecular weight is 899 g/mol. The number of fused-ring (bicyclic) bond motifs is 2. The molecule has 324 valence electrons. The number of anilines is 4. The summed E-state index contributed by atoms with van der Waals surface area (Å²) in [6.45, 7) is 1.62. The normalized spacial score (nSPS) is 14.8. The molecule has 3 heterocycles. The largest absolute Gasteiger partial charge is 0.593 e. The second-order valence-electron chi connectivity index (χ2n) is 15.4. The first kappa shape index (κ1) is 42.9. The van der Waals surface area contributed by atoms with Gasteiger partial charge in [0.2, 0.25) is 5.91 Å². The van der Waals surface area contributed by atoms with E-state index in [4.69, 9.17) is 4.74 Å². The van der Waals surface area contributed by atoms with Crippen molar-refractivity contribution in [1.29, 1.82) is 0 Å². The molecule has 2 aliphatic rings. The molecule has 9 rings (SSSR count). The Labute approximate surface area is 375 Å². The van der Waals surface area contributed by atoms with Crippen LogP contribution in [0.2, 0.25) is 0 Å². The Hall–Kier alpha value is -6.39. The number of carbonyl (C=O) groups excluding carboxylic acids is 2. The highest BCUT2D eigenvalue weighted by atomic mass is 32.2. The summed E-state index contributed by atoms with van der Waals surface area (Å²) in [5, 5.41) is 6.84. The number of amides is 2. The van der Waals surface area contributed by atoms with Gasteiger partial charge in [0.25, 0.3) is 5.91 Å². The van der Waals surface area contributed by atoms with E-state index in [2.05, 4.69) is 20.6 Å². The minimum atomic E-state index is -4.61. The summed E-state index contributed by atoms with van der Waals surface area (Å²) in [5.74, 6) is -0.179. The Bertz CT molecular complexity index is 2810. The van der Waals surface area contributed by atoms with Crippen molar-refractivity contribution in [2.45, 2.75) is 48.4 Å². The third kappa shape index (κ3) is 9.57. The minimum absolute atomic E-state index is 0.0505. The molecule has 1 aromatic heterocycles. The van der Waals surface area contributed by atoms with Gasteiger partial charge in [-0.3, -0.25) is 14.5 Å². The number of alkyl halides is 3. The van der Waals surface area contributed by atoms with Gasteiger partial charge in [-0.2, -0.15) is 13.2 Å². The number of hydrogen-bond acceptors (Lipinski definition) is 9. The molecule has 0 saturated carbocycles. The molecule has 2 aliphatic heterocycles. The van der Waals surface area contributed by atoms with Crippen LogP contribution in [-0.2, 0) is 35.5 Å². The molecule has 10 nitrogen and oxygen atoms in total. The van der Waals surface area contributed by atoms with Crippen LogP contribution in [0, 0.1) is 0 Å². The molecule has 15 heteroatoms. The van der Waals surface area contributed by atoms with E-state index in [1.165, 1.54) is 30.2 Å². The molecule has 0 spiro atoms. The van der Waals surface area contributed by atoms with Crippen molar-refractivity contribution in [1.82, 2.24) is 14.3 Å². The number of thioether (sulfide) groups is 1. The van der Waals surface area contributed by atoms with Crippen LogP contribution in [0.4, 0.5) is 35.9 Å². The summed E-state index contributed by atoms with van der Waals surface area (Å²) in [7, 11) is 0. The highest BCUT2D eigenvalue weighted by Gasteiger charge is 2.34. The van der Waals surface area contributed by atoms with Gasteiger partial charge in [-0.1, -0.05) is 55.0 Å². The van der Waals surface area contributed by atoms with Crippen LogP contribution in [0.5, 0.6) is 5.75 Å². The summed E-state index contributed by atoms with van der Waals surface area (Å²) in [6.07, 6.45) is 1.69. The Morgan fingerprint density at radius 2 is 1.64 bits per heavy atom. The molecule has 1 unspecified atom stereocenters. The SMILES string of the molecule is O=C(Nc1ccc([S+]([O-])N2CCCCC2)cc1)c1ccc2c(c1)N(c1ccc(-c3cc(NCc4ccc(OCc5ccccc5)cc4C(F)(F)F)cc4ncncc34)cc1)C(=O)CS2. The van der Waals surface area contributed by atoms with E-state index in [0.29, 0.717) is 38.7 Å². The van der Waals surface area contributed by atoms with E-state index in [-0.39, 0.29) is 42.0 Å². The standard InChI is InChI=1S/C49H41F3N6O4S2/c50-49(51,52)43-26-39(62-29-32-7-3-1-4-8-32)17-11-35(43)27-54-37-24-41(42-28-53-31-55-44(42)25-37)33-9-15-38(16-10-33)58-45-23-34(12-20-46(45)63-30-47(58)59)48(60)56-36-13-18-40(19-14-36)64(61)57-21-5-2-6-22-57/h1,3-4,7-20,23-26,28,31,54H,2,5-6,21-22,27,29-30H2,(H,56,60). The monoisotopic (exact) mass is 898 g/mol. The number of nitrogens with zero attached hydrogens (tertiary/aromatic N) is 4. The van der Waals surface area contributed by atoms with Gasteiger partial charge in [0.1, 0.15) is 18.7 Å². The number of ether oxygens (including phenoxy) is 1. The second kappa shape index (κ2) is 18.8. The molecule has 0 radical (unpaired) electrons. The smallest absolute Gasteiger partial charge is 0.416 e. The van der Waals surface area contributed by atoms with Crippen LogP contribution in [0.1, 0.15) is 46.3 Å². The Morgan fingerprint density at radius 1 is 0.859 bits per heavy atom. The molecule has 1 saturated heterocycles. The van der Waals surface area contributed by atoms with Crippen molar-refractivity contribution in [3.8, 4) is 16.9 Å². The average Bonchev–Trinajstić information content (AvgIpc) is 3.32. The van der Waals surface area contributed by atoms with Crippen LogP contribution >= 0.6 is 11.8 Å². The number of hydrogen-bond donors (Lipinski definition) is 2. The molecule has 0 aliphatic carbocycles. The van der Waals surface area contributed by atoms with E-state index >= 15 is 0 Å². The van der Waals surface area contributed by atoms with Crippen LogP contribution < -0.4 is 20.3 Å². The predicted octanol–water partition coefficient (Wildman–Crippen LogP) is 11.0. The number of halogens is 3.